The molecule has 5 nitrogen and oxygen atoms in total. The molecule has 0 aromatic carbocycles. The van der Waals surface area contributed by atoms with E-state index in [-0.39, 0.29) is 42.3 Å². The standard InChI is InChI=1S/C3H7O5P.Na.H/c4-9(5,6)8-2-3-1-7-3;;/h3H,1-2H2,(H2,4,5,6);;. The molecule has 0 saturated carbocycles. The van der Waals surface area contributed by atoms with E-state index in [1.54, 1.807) is 0 Å². The Morgan fingerprint density at radius 1 is 1.70 bits per heavy atom. The maximum absolute atomic E-state index is 9.98. The van der Waals surface area contributed by atoms with Gasteiger partial charge in [0.05, 0.1) is 13.2 Å². The summed E-state index contributed by atoms with van der Waals surface area (Å²) in [6, 6.07) is 0. The van der Waals surface area contributed by atoms with Gasteiger partial charge in [-0.25, -0.2) is 4.57 Å². The van der Waals surface area contributed by atoms with Crippen molar-refractivity contribution in [1.82, 2.24) is 0 Å². The second-order valence-corrected chi connectivity index (χ2v) is 2.98. The molecule has 1 heterocycles. The van der Waals surface area contributed by atoms with Crippen molar-refractivity contribution < 1.29 is 23.6 Å². The summed E-state index contributed by atoms with van der Waals surface area (Å²) in [6.45, 7) is 0.532. The van der Waals surface area contributed by atoms with Crippen LogP contribution < -0.4 is 0 Å². The number of hydrogen-bond acceptors (Lipinski definition) is 3. The molecule has 0 amide bonds. The van der Waals surface area contributed by atoms with E-state index in [1.807, 2.05) is 0 Å². The van der Waals surface area contributed by atoms with Crippen molar-refractivity contribution in [3.05, 3.63) is 0 Å². The van der Waals surface area contributed by atoms with E-state index < -0.39 is 7.82 Å². The third-order valence-corrected chi connectivity index (χ3v) is 1.32. The van der Waals surface area contributed by atoms with Crippen LogP contribution in [-0.2, 0) is 13.8 Å². The fourth-order valence-corrected chi connectivity index (χ4v) is 0.705. The number of epoxide rings is 1. The molecular weight excluding hydrogens is 170 g/mol. The molecule has 0 aromatic rings. The maximum atomic E-state index is 9.98. The van der Waals surface area contributed by atoms with Gasteiger partial charge in [0, 0.05) is 0 Å². The monoisotopic (exact) mass is 178 g/mol. The molecule has 1 fully saturated rings. The van der Waals surface area contributed by atoms with Gasteiger partial charge in [-0.3, -0.25) is 4.52 Å². The molecule has 0 radical (unpaired) electrons. The van der Waals surface area contributed by atoms with Gasteiger partial charge >= 0.3 is 37.4 Å². The van der Waals surface area contributed by atoms with E-state index >= 15 is 0 Å². The number of phosphoric acid groups is 1. The van der Waals surface area contributed by atoms with Crippen LogP contribution in [0.2, 0.25) is 0 Å². The first-order valence-corrected chi connectivity index (χ1v) is 3.92. The van der Waals surface area contributed by atoms with Crippen molar-refractivity contribution in [3.63, 3.8) is 0 Å². The molecule has 7 heteroatoms. The Labute approximate surface area is 80.2 Å². The van der Waals surface area contributed by atoms with Crippen LogP contribution in [0.1, 0.15) is 0 Å². The second-order valence-electron chi connectivity index (χ2n) is 1.74. The van der Waals surface area contributed by atoms with Crippen molar-refractivity contribution in [3.8, 4) is 0 Å². The fourth-order valence-electron chi connectivity index (χ4n) is 0.344. The average molecular weight is 178 g/mol. The Morgan fingerprint density at radius 2 is 2.20 bits per heavy atom. The molecule has 1 rings (SSSR count). The van der Waals surface area contributed by atoms with Gasteiger partial charge < -0.3 is 14.5 Å². The minimum absolute atomic E-state index is 0. The molecule has 0 spiro atoms. The van der Waals surface area contributed by atoms with Crippen LogP contribution in [0.5, 0.6) is 0 Å². The van der Waals surface area contributed by atoms with E-state index in [0.717, 1.165) is 0 Å². The molecule has 2 N–H and O–H groups in total. The normalized spacial score (nSPS) is 23.6. The second kappa shape index (κ2) is 4.18. The SMILES string of the molecule is O=P(O)(O)OCC1CO1.[NaH]. The summed E-state index contributed by atoms with van der Waals surface area (Å²) in [4.78, 5) is 16.3. The van der Waals surface area contributed by atoms with Crippen molar-refractivity contribution in [2.45, 2.75) is 6.10 Å². The number of rotatable bonds is 3. The molecular formula is C3H8NaO5P. The van der Waals surface area contributed by atoms with Crippen molar-refractivity contribution in [2.24, 2.45) is 0 Å². The van der Waals surface area contributed by atoms with E-state index in [9.17, 15) is 4.57 Å². The molecule has 1 aliphatic rings. The van der Waals surface area contributed by atoms with E-state index in [2.05, 4.69) is 9.26 Å². The molecule has 56 valence electrons. The van der Waals surface area contributed by atoms with Gasteiger partial charge in [0.15, 0.2) is 0 Å². The number of ether oxygens (including phenoxy) is 1. The van der Waals surface area contributed by atoms with Gasteiger partial charge in [-0.2, -0.15) is 0 Å². The molecule has 1 atom stereocenters. The summed E-state index contributed by atoms with van der Waals surface area (Å²) in [5.74, 6) is 0. The van der Waals surface area contributed by atoms with Crippen molar-refractivity contribution in [2.75, 3.05) is 13.2 Å². The first-order chi connectivity index (χ1) is 4.08. The third kappa shape index (κ3) is 5.82. The van der Waals surface area contributed by atoms with Crippen molar-refractivity contribution in [1.29, 1.82) is 0 Å². The van der Waals surface area contributed by atoms with Crippen molar-refractivity contribution >= 4 is 37.4 Å². The zero-order valence-corrected chi connectivity index (χ0v) is 5.45. The van der Waals surface area contributed by atoms with Crippen LogP contribution in [0.4, 0.5) is 0 Å². The Morgan fingerprint density at radius 3 is 2.50 bits per heavy atom. The van der Waals surface area contributed by atoms with E-state index in [4.69, 9.17) is 9.79 Å². The zero-order chi connectivity index (χ0) is 6.91. The zero-order valence-electron chi connectivity index (χ0n) is 4.56. The van der Waals surface area contributed by atoms with Gasteiger partial charge in [-0.15, -0.1) is 0 Å². The van der Waals surface area contributed by atoms with Crippen LogP contribution in [0, 0.1) is 0 Å². The molecule has 0 bridgehead atoms. The average Bonchev–Trinajstić information content (AvgIpc) is 2.38. The summed E-state index contributed by atoms with van der Waals surface area (Å²) in [7, 11) is -4.26. The van der Waals surface area contributed by atoms with Crippen LogP contribution >= 0.6 is 7.82 Å². The summed E-state index contributed by atoms with van der Waals surface area (Å²) >= 11 is 0. The molecule has 1 aliphatic heterocycles. The Hall–Kier alpha value is 1.07. The van der Waals surface area contributed by atoms with Gasteiger partial charge in [0.25, 0.3) is 0 Å². The first kappa shape index (κ1) is 11.1. The molecule has 1 saturated heterocycles. The van der Waals surface area contributed by atoms with E-state index in [1.165, 1.54) is 0 Å². The number of phosphoric ester groups is 1. The van der Waals surface area contributed by atoms with Gasteiger partial charge in [-0.1, -0.05) is 0 Å². The topological polar surface area (TPSA) is 79.3 Å². The predicted octanol–water partition coefficient (Wildman–Crippen LogP) is -1.15. The summed E-state index contributed by atoms with van der Waals surface area (Å²) in [5, 5.41) is 0. The van der Waals surface area contributed by atoms with Crippen LogP contribution in [0.3, 0.4) is 0 Å². The van der Waals surface area contributed by atoms with Gasteiger partial charge in [0.1, 0.15) is 6.10 Å². The summed E-state index contributed by atoms with van der Waals surface area (Å²) < 4.78 is 18.7. The Kier molecular flexibility index (Phi) is 4.63. The minimum atomic E-state index is -4.26. The first-order valence-electron chi connectivity index (χ1n) is 2.39. The predicted molar refractivity (Wildman–Crippen MR) is 34.9 cm³/mol. The van der Waals surface area contributed by atoms with Crippen LogP contribution in [-0.4, -0.2) is 58.7 Å². The van der Waals surface area contributed by atoms with Crippen LogP contribution in [0.15, 0.2) is 0 Å². The van der Waals surface area contributed by atoms with E-state index in [0.29, 0.717) is 6.61 Å². The van der Waals surface area contributed by atoms with Gasteiger partial charge in [-0.05, 0) is 0 Å². The molecule has 0 aliphatic carbocycles. The molecule has 10 heavy (non-hydrogen) atoms. The molecule has 1 unspecified atom stereocenters. The van der Waals surface area contributed by atoms with Crippen LogP contribution in [0.25, 0.3) is 0 Å². The summed E-state index contributed by atoms with van der Waals surface area (Å²) in [6.07, 6.45) is -0.0994. The van der Waals surface area contributed by atoms with Gasteiger partial charge in [0.2, 0.25) is 0 Å². The quantitative estimate of drug-likeness (QED) is 0.324. The number of hydrogen-bond donors (Lipinski definition) is 2. The third-order valence-electron chi connectivity index (χ3n) is 0.831. The molecule has 0 aromatic heterocycles. The summed E-state index contributed by atoms with van der Waals surface area (Å²) in [5.41, 5.74) is 0. The Bertz CT molecular complexity index is 140. The fraction of sp³-hybridized carbons (Fsp3) is 1.00. The Balaban J connectivity index is 0.000000810.